The fourth-order valence-corrected chi connectivity index (χ4v) is 2.52. The lowest BCUT2D eigenvalue weighted by atomic mass is 10.2. The summed E-state index contributed by atoms with van der Waals surface area (Å²) in [6.07, 6.45) is 1.54. The minimum atomic E-state index is -3.62. The Labute approximate surface area is 111 Å². The van der Waals surface area contributed by atoms with E-state index >= 15 is 0 Å². The molecule has 2 rings (SSSR count). The van der Waals surface area contributed by atoms with Crippen LogP contribution in [0.3, 0.4) is 0 Å². The smallest absolute Gasteiger partial charge is 0.241 e. The zero-order valence-corrected chi connectivity index (χ0v) is 11.5. The quantitative estimate of drug-likeness (QED) is 0.824. The van der Waals surface area contributed by atoms with E-state index in [1.54, 1.807) is 13.0 Å². The number of nitrogens with two attached hydrogens (primary N) is 1. The minimum absolute atomic E-state index is 0.00392. The molecule has 0 spiro atoms. The minimum Gasteiger partial charge on any atom is -0.445 e. The number of nitrogens with zero attached hydrogens (tertiary/aromatic N) is 1. The molecule has 1 aromatic heterocycles. The Bertz CT molecular complexity index is 692. The highest BCUT2D eigenvalue weighted by Crippen LogP contribution is 2.17. The van der Waals surface area contributed by atoms with Crippen LogP contribution in [0.4, 0.5) is 5.69 Å². The number of anilines is 1. The maximum Gasteiger partial charge on any atom is 0.241 e. The van der Waals surface area contributed by atoms with Crippen molar-refractivity contribution in [3.05, 3.63) is 41.6 Å². The van der Waals surface area contributed by atoms with Crippen molar-refractivity contribution in [2.75, 3.05) is 5.73 Å². The maximum absolute atomic E-state index is 12.0. The Morgan fingerprint density at radius 2 is 2.11 bits per heavy atom. The van der Waals surface area contributed by atoms with Gasteiger partial charge >= 0.3 is 0 Å². The summed E-state index contributed by atoms with van der Waals surface area (Å²) in [5, 5.41) is 0. The Balaban J connectivity index is 2.16. The second-order valence-electron chi connectivity index (χ2n) is 4.21. The van der Waals surface area contributed by atoms with Crippen LogP contribution in [0, 0.1) is 13.8 Å². The van der Waals surface area contributed by atoms with E-state index in [1.807, 2.05) is 6.92 Å². The van der Waals surface area contributed by atoms with Gasteiger partial charge in [0.2, 0.25) is 15.9 Å². The molecule has 1 heterocycles. The van der Waals surface area contributed by atoms with E-state index in [1.165, 1.54) is 18.3 Å². The largest absolute Gasteiger partial charge is 0.445 e. The van der Waals surface area contributed by atoms with Gasteiger partial charge in [0.05, 0.1) is 17.6 Å². The standard InChI is InChI=1S/C12H15N3O3S/c1-8-3-4-10(5-11(8)13)19(16,17)15-7-12-14-6-9(2)18-12/h3-6,15H,7,13H2,1-2H3. The number of aryl methyl sites for hydroxylation is 2. The summed E-state index contributed by atoms with van der Waals surface area (Å²) in [6, 6.07) is 4.60. The number of benzene rings is 1. The molecule has 0 aliphatic rings. The van der Waals surface area contributed by atoms with Gasteiger partial charge in [0.25, 0.3) is 0 Å². The van der Waals surface area contributed by atoms with Crippen LogP contribution in [-0.4, -0.2) is 13.4 Å². The third-order valence-corrected chi connectivity index (χ3v) is 4.04. The van der Waals surface area contributed by atoms with Crippen LogP contribution in [0.25, 0.3) is 0 Å². The average molecular weight is 281 g/mol. The number of rotatable bonds is 4. The van der Waals surface area contributed by atoms with Gasteiger partial charge in [-0.15, -0.1) is 0 Å². The van der Waals surface area contributed by atoms with E-state index in [4.69, 9.17) is 10.2 Å². The number of sulfonamides is 1. The molecule has 0 atom stereocenters. The molecule has 0 unspecified atom stereocenters. The molecular weight excluding hydrogens is 266 g/mol. The van der Waals surface area contributed by atoms with Gasteiger partial charge in [0.1, 0.15) is 5.76 Å². The topological polar surface area (TPSA) is 98.2 Å². The van der Waals surface area contributed by atoms with Crippen molar-refractivity contribution in [2.24, 2.45) is 0 Å². The lowest BCUT2D eigenvalue weighted by Crippen LogP contribution is -2.23. The molecule has 19 heavy (non-hydrogen) atoms. The van der Waals surface area contributed by atoms with Crippen LogP contribution in [0.1, 0.15) is 17.2 Å². The van der Waals surface area contributed by atoms with Crippen LogP contribution in [0.5, 0.6) is 0 Å². The Morgan fingerprint density at radius 1 is 1.37 bits per heavy atom. The number of nitrogen functional groups attached to an aromatic ring is 1. The fraction of sp³-hybridized carbons (Fsp3) is 0.250. The second-order valence-corrected chi connectivity index (χ2v) is 5.97. The molecule has 0 radical (unpaired) electrons. The molecule has 0 saturated heterocycles. The maximum atomic E-state index is 12.0. The van der Waals surface area contributed by atoms with E-state index in [2.05, 4.69) is 9.71 Å². The number of hydrogen-bond donors (Lipinski definition) is 2. The van der Waals surface area contributed by atoms with Crippen molar-refractivity contribution < 1.29 is 12.8 Å². The van der Waals surface area contributed by atoms with Gasteiger partial charge in [0, 0.05) is 5.69 Å². The molecule has 0 bridgehead atoms. The predicted molar refractivity (Wildman–Crippen MR) is 70.9 cm³/mol. The van der Waals surface area contributed by atoms with Crippen molar-refractivity contribution >= 4 is 15.7 Å². The van der Waals surface area contributed by atoms with Crippen molar-refractivity contribution in [1.82, 2.24) is 9.71 Å². The first-order chi connectivity index (χ1) is 8.88. The van der Waals surface area contributed by atoms with Gasteiger partial charge in [0.15, 0.2) is 0 Å². The molecule has 0 aliphatic heterocycles. The van der Waals surface area contributed by atoms with Gasteiger partial charge in [-0.2, -0.15) is 0 Å². The lowest BCUT2D eigenvalue weighted by molar-refractivity contribution is 0.463. The van der Waals surface area contributed by atoms with Crippen LogP contribution in [-0.2, 0) is 16.6 Å². The zero-order chi connectivity index (χ0) is 14.0. The predicted octanol–water partition coefficient (Wildman–Crippen LogP) is 1.35. The molecule has 6 nitrogen and oxygen atoms in total. The molecule has 0 aliphatic carbocycles. The summed E-state index contributed by atoms with van der Waals surface area (Å²) < 4.78 is 31.7. The van der Waals surface area contributed by atoms with Crippen LogP contribution < -0.4 is 10.5 Å². The van der Waals surface area contributed by atoms with Gasteiger partial charge in [-0.3, -0.25) is 0 Å². The molecule has 102 valence electrons. The third kappa shape index (κ3) is 3.12. The third-order valence-electron chi connectivity index (χ3n) is 2.64. The first kappa shape index (κ1) is 13.6. The lowest BCUT2D eigenvalue weighted by Gasteiger charge is -2.07. The summed E-state index contributed by atoms with van der Waals surface area (Å²) in [6.45, 7) is 3.56. The van der Waals surface area contributed by atoms with Crippen molar-refractivity contribution in [3.8, 4) is 0 Å². The Hall–Kier alpha value is -1.86. The van der Waals surface area contributed by atoms with Crippen molar-refractivity contribution in [1.29, 1.82) is 0 Å². The molecule has 1 aromatic carbocycles. The Morgan fingerprint density at radius 3 is 2.68 bits per heavy atom. The number of nitrogens with one attached hydrogen (secondary N) is 1. The van der Waals surface area contributed by atoms with Gasteiger partial charge in [-0.1, -0.05) is 6.07 Å². The van der Waals surface area contributed by atoms with E-state index in [-0.39, 0.29) is 11.4 Å². The number of aromatic nitrogens is 1. The highest BCUT2D eigenvalue weighted by atomic mass is 32.2. The van der Waals surface area contributed by atoms with Gasteiger partial charge in [-0.05, 0) is 31.5 Å². The monoisotopic (exact) mass is 281 g/mol. The van der Waals surface area contributed by atoms with Crippen LogP contribution in [0.15, 0.2) is 33.7 Å². The molecule has 0 fully saturated rings. The summed E-state index contributed by atoms with van der Waals surface area (Å²) >= 11 is 0. The molecule has 0 saturated carbocycles. The summed E-state index contributed by atoms with van der Waals surface area (Å²) in [4.78, 5) is 4.05. The van der Waals surface area contributed by atoms with Crippen LogP contribution >= 0.6 is 0 Å². The van der Waals surface area contributed by atoms with Crippen molar-refractivity contribution in [2.45, 2.75) is 25.3 Å². The Kier molecular flexibility index (Phi) is 3.59. The molecule has 0 amide bonds. The first-order valence-electron chi connectivity index (χ1n) is 5.65. The van der Waals surface area contributed by atoms with Crippen LogP contribution in [0.2, 0.25) is 0 Å². The zero-order valence-electron chi connectivity index (χ0n) is 10.7. The molecule has 7 heteroatoms. The van der Waals surface area contributed by atoms with Gasteiger partial charge < -0.3 is 10.2 Å². The molecule has 3 N–H and O–H groups in total. The SMILES string of the molecule is Cc1cnc(CNS(=O)(=O)c2ccc(C)c(N)c2)o1. The molecule has 2 aromatic rings. The summed E-state index contributed by atoms with van der Waals surface area (Å²) in [5.74, 6) is 0.954. The average Bonchev–Trinajstić information content (AvgIpc) is 2.76. The molecular formula is C12H15N3O3S. The van der Waals surface area contributed by atoms with Crippen molar-refractivity contribution in [3.63, 3.8) is 0 Å². The first-order valence-corrected chi connectivity index (χ1v) is 7.14. The highest BCUT2D eigenvalue weighted by molar-refractivity contribution is 7.89. The fourth-order valence-electron chi connectivity index (χ4n) is 1.51. The summed E-state index contributed by atoms with van der Waals surface area (Å²) in [5.41, 5.74) is 6.98. The van der Waals surface area contributed by atoms with E-state index in [0.29, 0.717) is 17.3 Å². The highest BCUT2D eigenvalue weighted by Gasteiger charge is 2.15. The van der Waals surface area contributed by atoms with Gasteiger partial charge in [-0.25, -0.2) is 18.1 Å². The summed E-state index contributed by atoms with van der Waals surface area (Å²) in [7, 11) is -3.62. The second kappa shape index (κ2) is 5.02. The van der Waals surface area contributed by atoms with E-state index < -0.39 is 10.0 Å². The van der Waals surface area contributed by atoms with E-state index in [0.717, 1.165) is 5.56 Å². The number of oxazole rings is 1. The normalized spacial score (nSPS) is 11.7. The van der Waals surface area contributed by atoms with E-state index in [9.17, 15) is 8.42 Å². The number of hydrogen-bond acceptors (Lipinski definition) is 5.